The van der Waals surface area contributed by atoms with Gasteiger partial charge >= 0.3 is 0 Å². The van der Waals surface area contributed by atoms with Gasteiger partial charge in [-0.1, -0.05) is 0 Å². The van der Waals surface area contributed by atoms with Crippen LogP contribution in [0.3, 0.4) is 0 Å². The molecule has 0 radical (unpaired) electrons. The Balaban J connectivity index is 2.84. The molecule has 17 heavy (non-hydrogen) atoms. The standard InChI is InChI=1S/C10H22N2O4S/c1-8(2)11(4)17(14,15)12-5-9(3)16-10(6-12)7-13/h8-10,13H,5-7H2,1-4H3. The highest BCUT2D eigenvalue weighted by atomic mass is 32.2. The van der Waals surface area contributed by atoms with Crippen molar-refractivity contribution in [3.05, 3.63) is 0 Å². The molecular formula is C10H22N2O4S. The van der Waals surface area contributed by atoms with Gasteiger partial charge in [-0.3, -0.25) is 0 Å². The molecule has 102 valence electrons. The Morgan fingerprint density at radius 1 is 1.47 bits per heavy atom. The number of hydrogen-bond donors (Lipinski definition) is 1. The van der Waals surface area contributed by atoms with Gasteiger partial charge in [0.25, 0.3) is 10.2 Å². The van der Waals surface area contributed by atoms with Crippen LogP contribution in [0.15, 0.2) is 0 Å². The largest absolute Gasteiger partial charge is 0.394 e. The molecule has 0 spiro atoms. The molecule has 1 rings (SSSR count). The number of morpholine rings is 1. The molecule has 1 saturated heterocycles. The maximum atomic E-state index is 12.2. The van der Waals surface area contributed by atoms with Crippen LogP contribution >= 0.6 is 0 Å². The number of nitrogens with zero attached hydrogens (tertiary/aromatic N) is 2. The predicted octanol–water partition coefficient (Wildman–Crippen LogP) is -0.347. The Bertz CT molecular complexity index is 344. The monoisotopic (exact) mass is 266 g/mol. The van der Waals surface area contributed by atoms with E-state index >= 15 is 0 Å². The summed E-state index contributed by atoms with van der Waals surface area (Å²) in [5.74, 6) is 0. The third-order valence-corrected chi connectivity index (χ3v) is 5.01. The lowest BCUT2D eigenvalue weighted by molar-refractivity contribution is -0.0761. The van der Waals surface area contributed by atoms with Gasteiger partial charge in [0.15, 0.2) is 0 Å². The molecule has 0 amide bonds. The van der Waals surface area contributed by atoms with Gasteiger partial charge in [0, 0.05) is 26.2 Å². The third kappa shape index (κ3) is 3.38. The van der Waals surface area contributed by atoms with Gasteiger partial charge in [-0.05, 0) is 20.8 Å². The van der Waals surface area contributed by atoms with Crippen LogP contribution in [0.4, 0.5) is 0 Å². The topological polar surface area (TPSA) is 70.1 Å². The lowest BCUT2D eigenvalue weighted by atomic mass is 10.2. The normalized spacial score (nSPS) is 27.9. The molecule has 1 fully saturated rings. The summed E-state index contributed by atoms with van der Waals surface area (Å²) < 4.78 is 32.6. The minimum Gasteiger partial charge on any atom is -0.394 e. The van der Waals surface area contributed by atoms with Gasteiger partial charge in [-0.2, -0.15) is 17.0 Å². The van der Waals surface area contributed by atoms with Crippen LogP contribution in [-0.4, -0.2) is 67.1 Å². The van der Waals surface area contributed by atoms with E-state index < -0.39 is 16.3 Å². The highest BCUT2D eigenvalue weighted by molar-refractivity contribution is 7.86. The zero-order valence-electron chi connectivity index (χ0n) is 10.8. The first-order chi connectivity index (χ1) is 7.78. The summed E-state index contributed by atoms with van der Waals surface area (Å²) in [6.45, 7) is 5.83. The first-order valence-corrected chi connectivity index (χ1v) is 7.18. The van der Waals surface area contributed by atoms with Gasteiger partial charge in [0.1, 0.15) is 0 Å². The van der Waals surface area contributed by atoms with Crippen LogP contribution in [0.25, 0.3) is 0 Å². The second-order valence-electron chi connectivity index (χ2n) is 4.69. The molecule has 0 aromatic carbocycles. The summed E-state index contributed by atoms with van der Waals surface area (Å²) in [5, 5.41) is 9.08. The average molecular weight is 266 g/mol. The van der Waals surface area contributed by atoms with Crippen molar-refractivity contribution in [3.8, 4) is 0 Å². The fourth-order valence-corrected chi connectivity index (χ4v) is 3.39. The molecule has 7 heteroatoms. The molecule has 0 aromatic rings. The molecule has 0 aliphatic carbocycles. The number of rotatable bonds is 4. The predicted molar refractivity (Wildman–Crippen MR) is 64.8 cm³/mol. The first kappa shape index (κ1) is 14.8. The Kier molecular flexibility index (Phi) is 4.91. The van der Waals surface area contributed by atoms with E-state index in [1.165, 1.54) is 8.61 Å². The first-order valence-electron chi connectivity index (χ1n) is 5.78. The van der Waals surface area contributed by atoms with Crippen molar-refractivity contribution in [1.82, 2.24) is 8.61 Å². The van der Waals surface area contributed by atoms with Gasteiger partial charge < -0.3 is 9.84 Å². The van der Waals surface area contributed by atoms with Crippen molar-refractivity contribution in [2.45, 2.75) is 39.0 Å². The average Bonchev–Trinajstić information content (AvgIpc) is 2.26. The molecule has 2 unspecified atom stereocenters. The summed E-state index contributed by atoms with van der Waals surface area (Å²) in [7, 11) is -1.90. The van der Waals surface area contributed by atoms with Crippen LogP contribution in [0, 0.1) is 0 Å². The highest BCUT2D eigenvalue weighted by Crippen LogP contribution is 2.17. The summed E-state index contributed by atoms with van der Waals surface area (Å²) >= 11 is 0. The molecule has 0 saturated carbocycles. The smallest absolute Gasteiger partial charge is 0.282 e. The number of hydrogen-bond acceptors (Lipinski definition) is 4. The van der Waals surface area contributed by atoms with E-state index in [0.29, 0.717) is 6.54 Å². The van der Waals surface area contributed by atoms with Crippen molar-refractivity contribution < 1.29 is 18.3 Å². The second kappa shape index (κ2) is 5.62. The van der Waals surface area contributed by atoms with E-state index in [1.54, 1.807) is 14.0 Å². The maximum absolute atomic E-state index is 12.2. The van der Waals surface area contributed by atoms with Crippen LogP contribution in [-0.2, 0) is 14.9 Å². The lowest BCUT2D eigenvalue weighted by Gasteiger charge is -2.37. The van der Waals surface area contributed by atoms with Gasteiger partial charge in [0.05, 0.1) is 18.8 Å². The summed E-state index contributed by atoms with van der Waals surface area (Å²) in [5.41, 5.74) is 0. The van der Waals surface area contributed by atoms with E-state index in [-0.39, 0.29) is 25.3 Å². The van der Waals surface area contributed by atoms with Gasteiger partial charge in [-0.25, -0.2) is 0 Å². The number of aliphatic hydroxyl groups is 1. The van der Waals surface area contributed by atoms with Crippen LogP contribution in [0.5, 0.6) is 0 Å². The molecule has 1 N–H and O–H groups in total. The van der Waals surface area contributed by atoms with E-state index in [4.69, 9.17) is 9.84 Å². The summed E-state index contributed by atoms with van der Waals surface area (Å²) in [6, 6.07) is -0.0919. The van der Waals surface area contributed by atoms with Gasteiger partial charge in [-0.15, -0.1) is 0 Å². The number of ether oxygens (including phenoxy) is 1. The minimum atomic E-state index is -3.46. The zero-order valence-corrected chi connectivity index (χ0v) is 11.6. The third-order valence-electron chi connectivity index (χ3n) is 2.91. The molecule has 1 heterocycles. The van der Waals surface area contributed by atoms with Crippen molar-refractivity contribution in [2.24, 2.45) is 0 Å². The van der Waals surface area contributed by atoms with Crippen molar-refractivity contribution >= 4 is 10.2 Å². The van der Waals surface area contributed by atoms with Crippen LogP contribution in [0.2, 0.25) is 0 Å². The fourth-order valence-electron chi connectivity index (χ4n) is 1.74. The van der Waals surface area contributed by atoms with Crippen molar-refractivity contribution in [3.63, 3.8) is 0 Å². The summed E-state index contributed by atoms with van der Waals surface area (Å²) in [4.78, 5) is 0. The second-order valence-corrected chi connectivity index (χ2v) is 6.67. The lowest BCUT2D eigenvalue weighted by Crippen LogP contribution is -2.54. The Labute approximate surface area is 103 Å². The maximum Gasteiger partial charge on any atom is 0.282 e. The molecule has 2 atom stereocenters. The fraction of sp³-hybridized carbons (Fsp3) is 1.00. The Morgan fingerprint density at radius 3 is 2.53 bits per heavy atom. The minimum absolute atomic E-state index is 0.0919. The molecule has 0 aromatic heterocycles. The zero-order chi connectivity index (χ0) is 13.2. The van der Waals surface area contributed by atoms with Gasteiger partial charge in [0.2, 0.25) is 0 Å². The SMILES string of the molecule is CC1CN(S(=O)(=O)N(C)C(C)C)CC(CO)O1. The Morgan fingerprint density at radius 2 is 2.06 bits per heavy atom. The van der Waals surface area contributed by atoms with Crippen LogP contribution < -0.4 is 0 Å². The van der Waals surface area contributed by atoms with Crippen LogP contribution in [0.1, 0.15) is 20.8 Å². The van der Waals surface area contributed by atoms with E-state index in [0.717, 1.165) is 0 Å². The quantitative estimate of drug-likeness (QED) is 0.755. The van der Waals surface area contributed by atoms with Crippen molar-refractivity contribution in [2.75, 3.05) is 26.7 Å². The molecular weight excluding hydrogens is 244 g/mol. The van der Waals surface area contributed by atoms with Crippen molar-refractivity contribution in [1.29, 1.82) is 0 Å². The summed E-state index contributed by atoms with van der Waals surface area (Å²) in [6.07, 6.45) is -0.634. The number of aliphatic hydroxyl groups excluding tert-OH is 1. The van der Waals surface area contributed by atoms with E-state index in [2.05, 4.69) is 0 Å². The molecule has 1 aliphatic heterocycles. The van der Waals surface area contributed by atoms with E-state index in [1.807, 2.05) is 13.8 Å². The molecule has 6 nitrogen and oxygen atoms in total. The Hall–Kier alpha value is -0.210. The molecule has 1 aliphatic rings. The van der Waals surface area contributed by atoms with E-state index in [9.17, 15) is 8.42 Å². The highest BCUT2D eigenvalue weighted by Gasteiger charge is 2.35. The molecule has 0 bridgehead atoms.